The van der Waals surface area contributed by atoms with E-state index in [-0.39, 0.29) is 11.9 Å². The second-order valence-electron chi connectivity index (χ2n) is 6.36. The van der Waals surface area contributed by atoms with Crippen LogP contribution >= 0.6 is 15.9 Å². The fourth-order valence-corrected chi connectivity index (χ4v) is 3.70. The van der Waals surface area contributed by atoms with E-state index in [4.69, 9.17) is 4.74 Å². The van der Waals surface area contributed by atoms with Gasteiger partial charge in [0.05, 0.1) is 18.5 Å². The van der Waals surface area contributed by atoms with Gasteiger partial charge in [-0.15, -0.1) is 0 Å². The van der Waals surface area contributed by atoms with Crippen LogP contribution in [0.3, 0.4) is 0 Å². The molecule has 2 N–H and O–H groups in total. The van der Waals surface area contributed by atoms with Gasteiger partial charge in [0, 0.05) is 24.5 Å². The molecule has 0 aliphatic carbocycles. The predicted molar refractivity (Wildman–Crippen MR) is 110 cm³/mol. The van der Waals surface area contributed by atoms with E-state index in [1.54, 1.807) is 12.0 Å². The third-order valence-corrected chi connectivity index (χ3v) is 4.97. The molecule has 2 aromatic carbocycles. The molecule has 2 aromatic rings. The summed E-state index contributed by atoms with van der Waals surface area (Å²) in [4.78, 5) is 25.9. The van der Waals surface area contributed by atoms with Crippen LogP contribution in [0.1, 0.15) is 18.1 Å². The zero-order valence-electron chi connectivity index (χ0n) is 15.3. The number of ether oxygens (including phenoxy) is 1. The van der Waals surface area contributed by atoms with Crippen LogP contribution in [-0.2, 0) is 17.6 Å². The zero-order chi connectivity index (χ0) is 19.4. The van der Waals surface area contributed by atoms with Crippen LogP contribution in [0.4, 0.5) is 16.2 Å². The molecule has 0 unspecified atom stereocenters. The maximum atomic E-state index is 12.3. The highest BCUT2D eigenvalue weighted by Crippen LogP contribution is 2.38. The molecule has 27 heavy (non-hydrogen) atoms. The summed E-state index contributed by atoms with van der Waals surface area (Å²) in [6, 6.07) is 11.3. The van der Waals surface area contributed by atoms with Crippen molar-refractivity contribution in [2.45, 2.75) is 19.8 Å². The minimum absolute atomic E-state index is 0.0287. The van der Waals surface area contributed by atoms with Gasteiger partial charge in [-0.25, -0.2) is 4.79 Å². The average molecular weight is 432 g/mol. The molecule has 142 valence electrons. The lowest BCUT2D eigenvalue weighted by Gasteiger charge is -2.19. The number of hydrogen-bond donors (Lipinski definition) is 2. The summed E-state index contributed by atoms with van der Waals surface area (Å²) in [6.45, 7) is 2.68. The predicted octanol–water partition coefficient (Wildman–Crippen LogP) is 3.73. The summed E-state index contributed by atoms with van der Waals surface area (Å²) in [7, 11) is 1.63. The summed E-state index contributed by atoms with van der Waals surface area (Å²) in [5, 5.41) is 5.74. The molecule has 0 fully saturated rings. The first-order valence-electron chi connectivity index (χ1n) is 8.76. The molecular formula is C20H22BrN3O3. The summed E-state index contributed by atoms with van der Waals surface area (Å²) in [6.07, 6.45) is 1.50. The van der Waals surface area contributed by atoms with Gasteiger partial charge in [0.15, 0.2) is 0 Å². The molecule has 0 radical (unpaired) electrons. The number of carbonyl (C=O) groups is 2. The first-order valence-corrected chi connectivity index (χ1v) is 9.55. The summed E-state index contributed by atoms with van der Waals surface area (Å²) >= 11 is 3.47. The second kappa shape index (κ2) is 8.43. The number of halogens is 1. The number of carbonyl (C=O) groups excluding carboxylic acids is 2. The van der Waals surface area contributed by atoms with Gasteiger partial charge >= 0.3 is 6.03 Å². The molecule has 6 nitrogen and oxygen atoms in total. The fourth-order valence-electron chi connectivity index (χ4n) is 3.20. The Hall–Kier alpha value is -2.54. The number of methoxy groups -OCH3 is 1. The van der Waals surface area contributed by atoms with Crippen molar-refractivity contribution in [3.63, 3.8) is 0 Å². The Morgan fingerprint density at radius 3 is 2.63 bits per heavy atom. The van der Waals surface area contributed by atoms with E-state index in [0.717, 1.165) is 33.5 Å². The van der Waals surface area contributed by atoms with Crippen LogP contribution in [-0.4, -0.2) is 32.1 Å². The van der Waals surface area contributed by atoms with Gasteiger partial charge in [0.2, 0.25) is 5.91 Å². The number of urea groups is 1. The largest absolute Gasteiger partial charge is 0.497 e. The topological polar surface area (TPSA) is 70.7 Å². The van der Waals surface area contributed by atoms with Crippen molar-refractivity contribution >= 4 is 39.2 Å². The molecule has 1 heterocycles. The number of hydrogen-bond acceptors (Lipinski definition) is 3. The number of nitrogens with one attached hydrogen (secondary N) is 2. The summed E-state index contributed by atoms with van der Waals surface area (Å²) in [5.74, 6) is 0.780. The maximum absolute atomic E-state index is 12.3. The molecule has 0 saturated heterocycles. The number of benzene rings is 2. The van der Waals surface area contributed by atoms with E-state index in [1.807, 2.05) is 36.4 Å². The molecular weight excluding hydrogens is 410 g/mol. The first-order chi connectivity index (χ1) is 13.0. The Balaban J connectivity index is 1.62. The molecule has 1 aliphatic heterocycles. The SMILES string of the molecule is COc1ccc(CCNC(=O)Nc2cc(Br)cc3c2N(C(C)=O)CC3)cc1. The molecule has 0 bridgehead atoms. The number of nitrogens with zero attached hydrogens (tertiary/aromatic N) is 1. The Morgan fingerprint density at radius 2 is 1.96 bits per heavy atom. The second-order valence-corrected chi connectivity index (χ2v) is 7.28. The lowest BCUT2D eigenvalue weighted by Crippen LogP contribution is -2.32. The van der Waals surface area contributed by atoms with Gasteiger partial charge < -0.3 is 20.3 Å². The molecule has 3 amide bonds. The molecule has 7 heteroatoms. The first kappa shape index (κ1) is 19.2. The van der Waals surface area contributed by atoms with E-state index < -0.39 is 0 Å². The van der Waals surface area contributed by atoms with Crippen LogP contribution in [0, 0.1) is 0 Å². The number of amides is 3. The molecule has 0 atom stereocenters. The van der Waals surface area contributed by atoms with Crippen molar-refractivity contribution < 1.29 is 14.3 Å². The number of fused-ring (bicyclic) bond motifs is 1. The molecule has 0 spiro atoms. The lowest BCUT2D eigenvalue weighted by atomic mass is 10.1. The Kier molecular flexibility index (Phi) is 6.01. The Morgan fingerprint density at radius 1 is 1.22 bits per heavy atom. The summed E-state index contributed by atoms with van der Waals surface area (Å²) < 4.78 is 6.01. The van der Waals surface area contributed by atoms with Crippen molar-refractivity contribution in [1.29, 1.82) is 0 Å². The third kappa shape index (κ3) is 4.60. The minimum atomic E-state index is -0.292. The molecule has 0 saturated carbocycles. The highest BCUT2D eigenvalue weighted by molar-refractivity contribution is 9.10. The van der Waals surface area contributed by atoms with Crippen molar-refractivity contribution in [2.24, 2.45) is 0 Å². The number of rotatable bonds is 5. The van der Waals surface area contributed by atoms with Gasteiger partial charge in [-0.3, -0.25) is 4.79 Å². The Bertz CT molecular complexity index is 852. The van der Waals surface area contributed by atoms with Gasteiger partial charge in [-0.1, -0.05) is 28.1 Å². The van der Waals surface area contributed by atoms with Crippen molar-refractivity contribution in [1.82, 2.24) is 5.32 Å². The van der Waals surface area contributed by atoms with Gasteiger partial charge in [0.1, 0.15) is 5.75 Å². The quantitative estimate of drug-likeness (QED) is 0.757. The standard InChI is InChI=1S/C20H22BrN3O3/c1-13(25)24-10-8-15-11-16(21)12-18(19(15)24)23-20(26)22-9-7-14-3-5-17(27-2)6-4-14/h3-6,11-12H,7-10H2,1-2H3,(H2,22,23,26). The van der Waals surface area contributed by atoms with E-state index >= 15 is 0 Å². The van der Waals surface area contributed by atoms with Gasteiger partial charge in [0.25, 0.3) is 0 Å². The van der Waals surface area contributed by atoms with Gasteiger partial charge in [-0.2, -0.15) is 0 Å². The summed E-state index contributed by atoms with van der Waals surface area (Å²) in [5.41, 5.74) is 3.58. The highest BCUT2D eigenvalue weighted by Gasteiger charge is 2.26. The Labute approximate surface area is 167 Å². The molecule has 3 rings (SSSR count). The minimum Gasteiger partial charge on any atom is -0.497 e. The van der Waals surface area contributed by atoms with Gasteiger partial charge in [-0.05, 0) is 48.2 Å². The van der Waals surface area contributed by atoms with Crippen LogP contribution in [0.25, 0.3) is 0 Å². The number of anilines is 2. The van der Waals surface area contributed by atoms with E-state index in [0.29, 0.717) is 25.2 Å². The van der Waals surface area contributed by atoms with Crippen molar-refractivity contribution in [3.05, 3.63) is 52.0 Å². The monoisotopic (exact) mass is 431 g/mol. The zero-order valence-corrected chi connectivity index (χ0v) is 16.9. The highest BCUT2D eigenvalue weighted by atomic mass is 79.9. The molecule has 0 aromatic heterocycles. The van der Waals surface area contributed by atoms with Crippen LogP contribution in [0.5, 0.6) is 5.75 Å². The van der Waals surface area contributed by atoms with E-state index in [2.05, 4.69) is 26.6 Å². The smallest absolute Gasteiger partial charge is 0.319 e. The fraction of sp³-hybridized carbons (Fsp3) is 0.300. The lowest BCUT2D eigenvalue weighted by molar-refractivity contribution is -0.116. The van der Waals surface area contributed by atoms with Crippen molar-refractivity contribution in [2.75, 3.05) is 30.4 Å². The van der Waals surface area contributed by atoms with Crippen molar-refractivity contribution in [3.8, 4) is 5.75 Å². The normalized spacial score (nSPS) is 12.5. The average Bonchev–Trinajstić information content (AvgIpc) is 3.06. The van der Waals surface area contributed by atoms with Crippen LogP contribution in [0.2, 0.25) is 0 Å². The van der Waals surface area contributed by atoms with E-state index in [1.165, 1.54) is 6.92 Å². The van der Waals surface area contributed by atoms with Crippen LogP contribution in [0.15, 0.2) is 40.9 Å². The maximum Gasteiger partial charge on any atom is 0.319 e. The third-order valence-electron chi connectivity index (χ3n) is 4.51. The van der Waals surface area contributed by atoms with Crippen LogP contribution < -0.4 is 20.3 Å². The molecule has 1 aliphatic rings. The van der Waals surface area contributed by atoms with E-state index in [9.17, 15) is 9.59 Å².